The number of piperazine rings is 1. The monoisotopic (exact) mass is 396 g/mol. The van der Waals surface area contributed by atoms with E-state index >= 15 is 0 Å². The number of ether oxygens (including phenoxy) is 1. The van der Waals surface area contributed by atoms with Gasteiger partial charge in [0.15, 0.2) is 15.9 Å². The van der Waals surface area contributed by atoms with Crippen LogP contribution in [0, 0.1) is 0 Å². The Morgan fingerprint density at radius 1 is 1.30 bits per heavy atom. The van der Waals surface area contributed by atoms with Crippen LogP contribution in [-0.2, 0) is 14.6 Å². The van der Waals surface area contributed by atoms with E-state index in [9.17, 15) is 13.2 Å². The van der Waals surface area contributed by atoms with Crippen molar-refractivity contribution in [1.29, 1.82) is 0 Å². The number of methoxy groups -OCH3 is 1. The molecule has 1 N–H and O–H groups in total. The Morgan fingerprint density at radius 3 is 2.56 bits per heavy atom. The molecule has 150 valence electrons. The minimum atomic E-state index is -2.99. The summed E-state index contributed by atoms with van der Waals surface area (Å²) in [5.41, 5.74) is 1.09. The van der Waals surface area contributed by atoms with Crippen LogP contribution in [0.2, 0.25) is 0 Å². The zero-order chi connectivity index (χ0) is 19.6. The van der Waals surface area contributed by atoms with Gasteiger partial charge >= 0.3 is 0 Å². The first-order valence-corrected chi connectivity index (χ1v) is 11.3. The molecule has 0 radical (unpaired) electrons. The molecule has 1 aromatic carbocycles. The molecule has 0 spiro atoms. The van der Waals surface area contributed by atoms with Crippen LogP contribution < -0.4 is 14.5 Å². The average molecular weight is 397 g/mol. The number of hydrogen-bond donors (Lipinski definition) is 1. The van der Waals surface area contributed by atoms with Gasteiger partial charge in [-0.05, 0) is 25.5 Å². The molecule has 2 fully saturated rings. The van der Waals surface area contributed by atoms with Crippen molar-refractivity contribution in [2.45, 2.75) is 25.4 Å². The number of benzene rings is 1. The molecule has 1 aromatic rings. The van der Waals surface area contributed by atoms with Crippen LogP contribution in [0.15, 0.2) is 24.3 Å². The second-order valence-electron chi connectivity index (χ2n) is 7.54. The zero-order valence-corrected chi connectivity index (χ0v) is 17.2. The van der Waals surface area contributed by atoms with Crippen LogP contribution in [0.4, 0.5) is 5.69 Å². The van der Waals surface area contributed by atoms with Crippen molar-refractivity contribution in [3.8, 4) is 5.75 Å². The lowest BCUT2D eigenvalue weighted by molar-refractivity contribution is -0.915. The Bertz CT molecular complexity index is 775. The van der Waals surface area contributed by atoms with Crippen molar-refractivity contribution in [3.05, 3.63) is 24.3 Å². The summed E-state index contributed by atoms with van der Waals surface area (Å²) in [5.74, 6) is 1.19. The fourth-order valence-corrected chi connectivity index (χ4v) is 5.87. The number of likely N-dealkylation sites (N-methyl/N-ethyl adjacent to an activating group) is 1. The number of sulfone groups is 1. The summed E-state index contributed by atoms with van der Waals surface area (Å²) >= 11 is 0. The van der Waals surface area contributed by atoms with E-state index in [1.807, 2.05) is 25.1 Å². The lowest BCUT2D eigenvalue weighted by Crippen LogP contribution is -3.19. The predicted octanol–water partition coefficient (Wildman–Crippen LogP) is -0.566. The van der Waals surface area contributed by atoms with E-state index in [2.05, 4.69) is 11.0 Å². The van der Waals surface area contributed by atoms with E-state index in [1.54, 1.807) is 19.1 Å². The molecule has 7 nitrogen and oxygen atoms in total. The maximum Gasteiger partial charge on any atom is 0.280 e. The second-order valence-corrected chi connectivity index (χ2v) is 9.77. The van der Waals surface area contributed by atoms with Crippen LogP contribution in [0.1, 0.15) is 13.3 Å². The largest absolute Gasteiger partial charge is 0.495 e. The summed E-state index contributed by atoms with van der Waals surface area (Å²) in [6.07, 6.45) is 0.550. The lowest BCUT2D eigenvalue weighted by atomic mass is 10.1. The molecule has 0 saturated carbocycles. The molecule has 1 amide bonds. The van der Waals surface area contributed by atoms with Gasteiger partial charge in [0.05, 0.1) is 50.5 Å². The first-order valence-electron chi connectivity index (χ1n) is 9.52. The first-order chi connectivity index (χ1) is 12.8. The highest BCUT2D eigenvalue weighted by Crippen LogP contribution is 2.27. The van der Waals surface area contributed by atoms with Crippen LogP contribution in [0.3, 0.4) is 0 Å². The number of anilines is 1. The lowest BCUT2D eigenvalue weighted by Gasteiger charge is -2.38. The van der Waals surface area contributed by atoms with E-state index in [1.165, 1.54) is 4.90 Å². The summed E-state index contributed by atoms with van der Waals surface area (Å²) in [4.78, 5) is 18.1. The zero-order valence-electron chi connectivity index (χ0n) is 16.3. The number of carbonyl (C=O) groups is 1. The number of hydrogen-bond acceptors (Lipinski definition) is 5. The van der Waals surface area contributed by atoms with Gasteiger partial charge in [0, 0.05) is 13.1 Å². The van der Waals surface area contributed by atoms with E-state index in [-0.39, 0.29) is 29.5 Å². The molecule has 8 heteroatoms. The molecular formula is C19H30N3O4S+. The normalized spacial score (nSPS) is 23.8. The highest BCUT2D eigenvalue weighted by molar-refractivity contribution is 7.91. The van der Waals surface area contributed by atoms with Crippen molar-refractivity contribution in [2.75, 3.05) is 56.7 Å². The third-order valence-corrected chi connectivity index (χ3v) is 7.67. The maximum absolute atomic E-state index is 12.9. The van der Waals surface area contributed by atoms with Gasteiger partial charge in [-0.2, -0.15) is 0 Å². The Kier molecular flexibility index (Phi) is 5.95. The minimum absolute atomic E-state index is 0.0397. The molecule has 2 aliphatic rings. The van der Waals surface area contributed by atoms with Gasteiger partial charge in [0.25, 0.3) is 5.91 Å². The SMILES string of the molecule is COc1ccccc1N1CC[NH+]([C@H](C)C(=O)N(C)[C@@H]2CCS(=O)(=O)C2)CC1. The van der Waals surface area contributed by atoms with Crippen molar-refractivity contribution in [1.82, 2.24) is 4.90 Å². The predicted molar refractivity (Wildman–Crippen MR) is 105 cm³/mol. The summed E-state index contributed by atoms with van der Waals surface area (Å²) in [6.45, 7) is 5.39. The van der Waals surface area contributed by atoms with Crippen LogP contribution in [0.5, 0.6) is 5.75 Å². The molecule has 0 aliphatic carbocycles. The van der Waals surface area contributed by atoms with Gasteiger partial charge in [-0.25, -0.2) is 8.42 Å². The quantitative estimate of drug-likeness (QED) is 0.722. The Morgan fingerprint density at radius 2 is 1.96 bits per heavy atom. The van der Waals surface area contributed by atoms with Gasteiger partial charge in [-0.15, -0.1) is 0 Å². The van der Waals surface area contributed by atoms with Gasteiger partial charge in [-0.3, -0.25) is 4.79 Å². The standard InChI is InChI=1S/C19H29N3O4S/c1-15(19(23)20(2)16-8-13-27(24,25)14-16)21-9-11-22(12-10-21)17-6-4-5-7-18(17)26-3/h4-7,15-16H,8-14H2,1-3H3/p+1/t15-,16-/m1/s1. The fraction of sp³-hybridized carbons (Fsp3) is 0.632. The topological polar surface area (TPSA) is 71.4 Å². The van der Waals surface area contributed by atoms with Crippen molar-refractivity contribution >= 4 is 21.4 Å². The number of rotatable bonds is 5. The highest BCUT2D eigenvalue weighted by atomic mass is 32.2. The highest BCUT2D eigenvalue weighted by Gasteiger charge is 2.37. The number of carbonyl (C=O) groups excluding carboxylic acids is 1. The van der Waals surface area contributed by atoms with Gasteiger partial charge < -0.3 is 19.4 Å². The molecule has 2 atom stereocenters. The number of nitrogens with one attached hydrogen (secondary N) is 1. The minimum Gasteiger partial charge on any atom is -0.495 e. The molecule has 0 aromatic heterocycles. The summed E-state index contributed by atoms with van der Waals surface area (Å²) in [5, 5.41) is 0. The number of nitrogens with zero attached hydrogens (tertiary/aromatic N) is 2. The Balaban J connectivity index is 1.58. The molecule has 0 unspecified atom stereocenters. The third kappa shape index (κ3) is 4.38. The van der Waals surface area contributed by atoms with Crippen LogP contribution >= 0.6 is 0 Å². The van der Waals surface area contributed by atoms with Crippen LogP contribution in [-0.4, -0.2) is 83.2 Å². The molecule has 0 bridgehead atoms. The fourth-order valence-electron chi connectivity index (χ4n) is 4.10. The molecule has 2 heterocycles. The number of quaternary nitrogens is 1. The molecular weight excluding hydrogens is 366 g/mol. The van der Waals surface area contributed by atoms with E-state index < -0.39 is 9.84 Å². The summed E-state index contributed by atoms with van der Waals surface area (Å²) in [6, 6.07) is 7.65. The molecule has 2 saturated heterocycles. The second kappa shape index (κ2) is 8.06. The Labute approximate surface area is 161 Å². The van der Waals surface area contributed by atoms with Crippen molar-refractivity contribution in [2.24, 2.45) is 0 Å². The van der Waals surface area contributed by atoms with E-state index in [4.69, 9.17) is 4.74 Å². The van der Waals surface area contributed by atoms with Crippen molar-refractivity contribution in [3.63, 3.8) is 0 Å². The van der Waals surface area contributed by atoms with Gasteiger partial charge in [0.1, 0.15) is 5.75 Å². The molecule has 27 heavy (non-hydrogen) atoms. The smallest absolute Gasteiger partial charge is 0.280 e. The maximum atomic E-state index is 12.9. The summed E-state index contributed by atoms with van der Waals surface area (Å²) in [7, 11) is 0.437. The number of amides is 1. The number of para-hydroxylation sites is 2. The van der Waals surface area contributed by atoms with Crippen LogP contribution in [0.25, 0.3) is 0 Å². The van der Waals surface area contributed by atoms with Crippen molar-refractivity contribution < 1.29 is 22.8 Å². The molecule has 3 rings (SSSR count). The third-order valence-electron chi connectivity index (χ3n) is 5.92. The molecule has 2 aliphatic heterocycles. The van der Waals surface area contributed by atoms with Gasteiger partial charge in [-0.1, -0.05) is 12.1 Å². The first kappa shape index (κ1) is 19.9. The van der Waals surface area contributed by atoms with E-state index in [0.717, 1.165) is 37.6 Å². The Hall–Kier alpha value is -1.80. The summed E-state index contributed by atoms with van der Waals surface area (Å²) < 4.78 is 28.9. The average Bonchev–Trinajstić information content (AvgIpc) is 3.06. The van der Waals surface area contributed by atoms with E-state index in [0.29, 0.717) is 6.42 Å². The van der Waals surface area contributed by atoms with Gasteiger partial charge in [0.2, 0.25) is 0 Å².